The van der Waals surface area contributed by atoms with Gasteiger partial charge in [0.15, 0.2) is 5.76 Å². The molecule has 2 aromatic carbocycles. The number of benzene rings is 2. The number of sulfonamides is 1. The van der Waals surface area contributed by atoms with Gasteiger partial charge in [-0.15, -0.1) is 0 Å². The van der Waals surface area contributed by atoms with Crippen molar-refractivity contribution in [3.8, 4) is 22.4 Å². The van der Waals surface area contributed by atoms with Crippen LogP contribution in [0.4, 0.5) is 0 Å². The zero-order valence-electron chi connectivity index (χ0n) is 13.8. The molecule has 0 spiro atoms. The maximum absolute atomic E-state index is 12.6. The molecule has 0 saturated carbocycles. The number of aromatic nitrogens is 1. The Bertz CT molecular complexity index is 1040. The number of aliphatic hydroxyl groups excluding tert-OH is 1. The normalized spacial score (nSPS) is 11.3. The topological polar surface area (TPSA) is 110 Å². The Balaban J connectivity index is 2.26. The smallest absolute Gasteiger partial charge is 0.264 e. The van der Waals surface area contributed by atoms with Crippen LogP contribution in [-0.4, -0.2) is 24.6 Å². The zero-order valence-corrected chi connectivity index (χ0v) is 14.7. The lowest BCUT2D eigenvalue weighted by molar-refractivity contribution is -0.117. The monoisotopic (exact) mass is 372 g/mol. The van der Waals surface area contributed by atoms with E-state index in [2.05, 4.69) is 5.16 Å². The van der Waals surface area contributed by atoms with Crippen LogP contribution in [-0.2, 0) is 21.4 Å². The minimum atomic E-state index is -4.09. The summed E-state index contributed by atoms with van der Waals surface area (Å²) in [4.78, 5) is 11.2. The predicted molar refractivity (Wildman–Crippen MR) is 94.3 cm³/mol. The number of nitrogens with zero attached hydrogens (tertiary/aromatic N) is 1. The Hall–Kier alpha value is -2.97. The molecule has 0 atom stereocenters. The van der Waals surface area contributed by atoms with E-state index in [0.717, 1.165) is 6.92 Å². The minimum absolute atomic E-state index is 0.106. The fourth-order valence-electron chi connectivity index (χ4n) is 2.65. The van der Waals surface area contributed by atoms with Crippen LogP contribution >= 0.6 is 0 Å². The van der Waals surface area contributed by atoms with Crippen LogP contribution in [0.25, 0.3) is 22.4 Å². The number of carbonyl (C=O) groups is 1. The summed E-state index contributed by atoms with van der Waals surface area (Å²) in [5.74, 6) is -0.565. The molecule has 8 heteroatoms. The van der Waals surface area contributed by atoms with E-state index in [0.29, 0.717) is 16.8 Å². The molecule has 3 rings (SSSR count). The van der Waals surface area contributed by atoms with Crippen LogP contribution in [0.3, 0.4) is 0 Å². The summed E-state index contributed by atoms with van der Waals surface area (Å²) in [7, 11) is -4.09. The fraction of sp³-hybridized carbons (Fsp3) is 0.111. The molecule has 0 unspecified atom stereocenters. The SMILES string of the molecule is CC(=O)NS(=O)(=O)c1ccccc1-c1c(-c2ccccc2)noc1CO. The molecule has 134 valence electrons. The van der Waals surface area contributed by atoms with E-state index >= 15 is 0 Å². The number of aliphatic hydroxyl groups is 1. The Labute approximate surface area is 150 Å². The van der Waals surface area contributed by atoms with Gasteiger partial charge in [-0.3, -0.25) is 4.79 Å². The summed E-state index contributed by atoms with van der Waals surface area (Å²) in [6.45, 7) is 0.664. The number of carbonyl (C=O) groups excluding carboxylic acids is 1. The molecule has 1 amide bonds. The first-order valence-corrected chi connectivity index (χ1v) is 9.20. The van der Waals surface area contributed by atoms with Gasteiger partial charge in [0.1, 0.15) is 12.3 Å². The maximum Gasteiger partial charge on any atom is 0.264 e. The van der Waals surface area contributed by atoms with Gasteiger partial charge in [0.05, 0.1) is 10.5 Å². The van der Waals surface area contributed by atoms with Crippen LogP contribution in [0.1, 0.15) is 12.7 Å². The van der Waals surface area contributed by atoms with E-state index in [1.807, 2.05) is 22.9 Å². The third-order valence-corrected chi connectivity index (χ3v) is 5.17. The lowest BCUT2D eigenvalue weighted by atomic mass is 9.99. The number of rotatable bonds is 5. The van der Waals surface area contributed by atoms with Crippen molar-refractivity contribution in [1.29, 1.82) is 0 Å². The van der Waals surface area contributed by atoms with Crippen molar-refractivity contribution in [2.75, 3.05) is 0 Å². The first kappa shape index (κ1) is 17.8. The molecule has 26 heavy (non-hydrogen) atoms. The van der Waals surface area contributed by atoms with Crippen molar-refractivity contribution in [1.82, 2.24) is 9.88 Å². The van der Waals surface area contributed by atoms with Crippen molar-refractivity contribution in [3.05, 3.63) is 60.4 Å². The minimum Gasteiger partial charge on any atom is -0.388 e. The van der Waals surface area contributed by atoms with Gasteiger partial charge >= 0.3 is 0 Å². The molecule has 3 aromatic rings. The molecule has 0 aliphatic rings. The number of hydrogen-bond donors (Lipinski definition) is 2. The second kappa shape index (κ2) is 7.11. The van der Waals surface area contributed by atoms with E-state index in [4.69, 9.17) is 4.52 Å². The van der Waals surface area contributed by atoms with Crippen LogP contribution in [0.15, 0.2) is 64.0 Å². The second-order valence-corrected chi connectivity index (χ2v) is 7.16. The van der Waals surface area contributed by atoms with Crippen LogP contribution in [0.2, 0.25) is 0 Å². The predicted octanol–water partition coefficient (Wildman–Crippen LogP) is 2.33. The molecular weight excluding hydrogens is 356 g/mol. The summed E-state index contributed by atoms with van der Waals surface area (Å²) in [6, 6.07) is 15.2. The largest absolute Gasteiger partial charge is 0.388 e. The van der Waals surface area contributed by atoms with Crippen molar-refractivity contribution in [2.24, 2.45) is 0 Å². The quantitative estimate of drug-likeness (QED) is 0.711. The standard InChI is InChI=1S/C18H16N2O5S/c1-12(22)20-26(23,24)16-10-6-5-9-14(16)17-15(11-21)25-19-18(17)13-7-3-2-4-8-13/h2-10,21H,11H2,1H3,(H,20,22). The summed E-state index contributed by atoms with van der Waals surface area (Å²) in [6.07, 6.45) is 0. The lowest BCUT2D eigenvalue weighted by Crippen LogP contribution is -2.28. The third kappa shape index (κ3) is 3.37. The van der Waals surface area contributed by atoms with Crippen LogP contribution in [0, 0.1) is 0 Å². The van der Waals surface area contributed by atoms with Crippen molar-refractivity contribution >= 4 is 15.9 Å². The average molecular weight is 372 g/mol. The molecule has 0 aliphatic carbocycles. The van der Waals surface area contributed by atoms with E-state index in [1.165, 1.54) is 6.07 Å². The molecule has 0 radical (unpaired) electrons. The maximum atomic E-state index is 12.6. The summed E-state index contributed by atoms with van der Waals surface area (Å²) >= 11 is 0. The lowest BCUT2D eigenvalue weighted by Gasteiger charge is -2.11. The number of amides is 1. The Morgan fingerprint density at radius 3 is 2.42 bits per heavy atom. The molecule has 1 heterocycles. The Kier molecular flexibility index (Phi) is 4.88. The number of hydrogen-bond acceptors (Lipinski definition) is 6. The highest BCUT2D eigenvalue weighted by molar-refractivity contribution is 7.90. The Morgan fingerprint density at radius 1 is 1.12 bits per heavy atom. The molecule has 1 aromatic heterocycles. The van der Waals surface area contributed by atoms with Crippen molar-refractivity contribution in [2.45, 2.75) is 18.4 Å². The van der Waals surface area contributed by atoms with E-state index in [9.17, 15) is 18.3 Å². The van der Waals surface area contributed by atoms with Gasteiger partial charge in [0, 0.05) is 18.1 Å². The third-order valence-electron chi connectivity index (χ3n) is 3.68. The van der Waals surface area contributed by atoms with E-state index < -0.39 is 22.5 Å². The molecule has 0 saturated heterocycles. The van der Waals surface area contributed by atoms with Crippen molar-refractivity contribution in [3.63, 3.8) is 0 Å². The molecule has 7 nitrogen and oxygen atoms in total. The highest BCUT2D eigenvalue weighted by Gasteiger charge is 2.26. The molecule has 0 fully saturated rings. The van der Waals surface area contributed by atoms with Crippen LogP contribution in [0.5, 0.6) is 0 Å². The second-order valence-electron chi connectivity index (χ2n) is 5.51. The summed E-state index contributed by atoms with van der Waals surface area (Å²) < 4.78 is 32.3. The molecule has 2 N–H and O–H groups in total. The summed E-state index contributed by atoms with van der Waals surface area (Å²) in [5, 5.41) is 13.6. The van der Waals surface area contributed by atoms with E-state index in [-0.39, 0.29) is 16.2 Å². The first-order chi connectivity index (χ1) is 12.4. The van der Waals surface area contributed by atoms with Gasteiger partial charge in [-0.25, -0.2) is 13.1 Å². The molecule has 0 bridgehead atoms. The molecular formula is C18H16N2O5S. The van der Waals surface area contributed by atoms with E-state index in [1.54, 1.807) is 30.3 Å². The van der Waals surface area contributed by atoms with Gasteiger partial charge in [-0.2, -0.15) is 0 Å². The van der Waals surface area contributed by atoms with Gasteiger partial charge in [0.2, 0.25) is 5.91 Å². The average Bonchev–Trinajstić information content (AvgIpc) is 3.05. The van der Waals surface area contributed by atoms with Crippen LogP contribution < -0.4 is 4.72 Å². The van der Waals surface area contributed by atoms with Gasteiger partial charge in [-0.05, 0) is 6.07 Å². The molecule has 0 aliphatic heterocycles. The number of nitrogens with one attached hydrogen (secondary N) is 1. The van der Waals surface area contributed by atoms with Gasteiger partial charge in [0.25, 0.3) is 10.0 Å². The van der Waals surface area contributed by atoms with Gasteiger partial charge in [-0.1, -0.05) is 53.7 Å². The zero-order chi connectivity index (χ0) is 18.7. The highest BCUT2D eigenvalue weighted by atomic mass is 32.2. The first-order valence-electron chi connectivity index (χ1n) is 7.71. The van der Waals surface area contributed by atoms with Gasteiger partial charge < -0.3 is 9.63 Å². The Morgan fingerprint density at radius 2 is 1.77 bits per heavy atom. The highest BCUT2D eigenvalue weighted by Crippen LogP contribution is 2.37. The summed E-state index contributed by atoms with van der Waals surface area (Å²) in [5.41, 5.74) is 1.76. The van der Waals surface area contributed by atoms with Crippen molar-refractivity contribution < 1.29 is 22.8 Å². The fourth-order valence-corrected chi connectivity index (χ4v) is 3.86.